The molecule has 0 heterocycles. The maximum Gasteiger partial charge on any atom is 0.223 e. The van der Waals surface area contributed by atoms with Gasteiger partial charge in [0.25, 0.3) is 0 Å². The molecular weight excluding hydrogens is 248 g/mol. The molecule has 3 atom stereocenters. The van der Waals surface area contributed by atoms with Gasteiger partial charge in [-0.15, -0.1) is 0 Å². The Balaban J connectivity index is 2.71. The number of rotatable bonds is 5. The Morgan fingerprint density at radius 1 is 1.30 bits per heavy atom. The molecule has 0 spiro atoms. The summed E-state index contributed by atoms with van der Waals surface area (Å²) in [5.74, 6) is 1.22. The molecule has 0 aromatic heterocycles. The molecule has 3 heteroatoms. The third kappa shape index (κ3) is 4.47. The number of hydrogen-bond acceptors (Lipinski definition) is 2. The topological polar surface area (TPSA) is 46.3 Å². The smallest absolute Gasteiger partial charge is 0.223 e. The zero-order valence-electron chi connectivity index (χ0n) is 14.1. The van der Waals surface area contributed by atoms with Crippen molar-refractivity contribution in [1.82, 2.24) is 4.90 Å². The minimum atomic E-state index is 0.189. The lowest BCUT2D eigenvalue weighted by Crippen LogP contribution is -2.48. The molecule has 0 aromatic carbocycles. The van der Waals surface area contributed by atoms with Gasteiger partial charge in [0.1, 0.15) is 0 Å². The molecule has 1 aliphatic carbocycles. The Kier molecular flexibility index (Phi) is 6.50. The molecule has 1 fully saturated rings. The van der Waals surface area contributed by atoms with Crippen molar-refractivity contribution in [3.8, 4) is 0 Å². The van der Waals surface area contributed by atoms with E-state index in [1.807, 2.05) is 0 Å². The summed E-state index contributed by atoms with van der Waals surface area (Å²) in [5, 5.41) is 0. The van der Waals surface area contributed by atoms with Gasteiger partial charge >= 0.3 is 0 Å². The third-order valence-electron chi connectivity index (χ3n) is 5.19. The Hall–Kier alpha value is -0.570. The highest BCUT2D eigenvalue weighted by Gasteiger charge is 2.33. The van der Waals surface area contributed by atoms with Crippen molar-refractivity contribution in [2.75, 3.05) is 13.1 Å². The molecule has 1 rings (SSSR count). The second-order valence-electron chi connectivity index (χ2n) is 7.50. The van der Waals surface area contributed by atoms with Gasteiger partial charge in [-0.2, -0.15) is 0 Å². The lowest BCUT2D eigenvalue weighted by atomic mass is 9.79. The van der Waals surface area contributed by atoms with Crippen molar-refractivity contribution in [3.63, 3.8) is 0 Å². The predicted octanol–water partition coefficient (Wildman–Crippen LogP) is 3.42. The predicted molar refractivity (Wildman–Crippen MR) is 85.4 cm³/mol. The first-order chi connectivity index (χ1) is 9.31. The van der Waals surface area contributed by atoms with Crippen molar-refractivity contribution < 1.29 is 4.79 Å². The van der Waals surface area contributed by atoms with Crippen LogP contribution in [0.5, 0.6) is 0 Å². The average molecular weight is 282 g/mol. The van der Waals surface area contributed by atoms with Crippen LogP contribution in [-0.4, -0.2) is 29.9 Å². The van der Waals surface area contributed by atoms with Crippen LogP contribution in [0.2, 0.25) is 0 Å². The molecule has 3 nitrogen and oxygen atoms in total. The maximum absolute atomic E-state index is 12.7. The lowest BCUT2D eigenvalue weighted by molar-refractivity contribution is -0.136. The first kappa shape index (κ1) is 17.5. The van der Waals surface area contributed by atoms with Crippen LogP contribution in [0.3, 0.4) is 0 Å². The van der Waals surface area contributed by atoms with Crippen molar-refractivity contribution in [1.29, 1.82) is 0 Å². The largest absolute Gasteiger partial charge is 0.340 e. The van der Waals surface area contributed by atoms with Crippen LogP contribution in [0.4, 0.5) is 0 Å². The minimum Gasteiger partial charge on any atom is -0.340 e. The second-order valence-corrected chi connectivity index (χ2v) is 7.50. The van der Waals surface area contributed by atoms with Gasteiger partial charge in [0.05, 0.1) is 0 Å². The second kappa shape index (κ2) is 7.44. The van der Waals surface area contributed by atoms with Crippen molar-refractivity contribution in [2.24, 2.45) is 23.0 Å². The van der Waals surface area contributed by atoms with E-state index in [0.717, 1.165) is 13.0 Å². The summed E-state index contributed by atoms with van der Waals surface area (Å²) >= 11 is 0. The Bertz CT molecular complexity index is 309. The van der Waals surface area contributed by atoms with Gasteiger partial charge in [0, 0.05) is 19.0 Å². The van der Waals surface area contributed by atoms with Crippen LogP contribution in [0, 0.1) is 17.3 Å². The van der Waals surface area contributed by atoms with E-state index in [1.54, 1.807) is 0 Å². The van der Waals surface area contributed by atoms with Gasteiger partial charge in [-0.3, -0.25) is 4.79 Å². The van der Waals surface area contributed by atoms with Gasteiger partial charge in [-0.1, -0.05) is 40.5 Å². The van der Waals surface area contributed by atoms with E-state index in [0.29, 0.717) is 36.8 Å². The van der Waals surface area contributed by atoms with Gasteiger partial charge in [-0.25, -0.2) is 0 Å². The van der Waals surface area contributed by atoms with Crippen LogP contribution in [0.25, 0.3) is 0 Å². The molecule has 1 aliphatic rings. The summed E-state index contributed by atoms with van der Waals surface area (Å²) in [7, 11) is 0. The van der Waals surface area contributed by atoms with Crippen LogP contribution < -0.4 is 5.73 Å². The quantitative estimate of drug-likeness (QED) is 0.840. The summed E-state index contributed by atoms with van der Waals surface area (Å²) in [6.07, 6.45) is 5.47. The Labute approximate surface area is 125 Å². The number of nitrogens with two attached hydrogens (primary N) is 1. The summed E-state index contributed by atoms with van der Waals surface area (Å²) in [6.45, 7) is 12.5. The molecule has 3 unspecified atom stereocenters. The Morgan fingerprint density at radius 2 is 1.90 bits per heavy atom. The molecule has 0 bridgehead atoms. The number of hydrogen-bond donors (Lipinski definition) is 1. The van der Waals surface area contributed by atoms with Crippen molar-refractivity contribution in [2.45, 2.75) is 72.8 Å². The van der Waals surface area contributed by atoms with E-state index in [2.05, 4.69) is 39.5 Å². The van der Waals surface area contributed by atoms with Gasteiger partial charge in [0.2, 0.25) is 5.91 Å². The molecule has 0 radical (unpaired) electrons. The summed E-state index contributed by atoms with van der Waals surface area (Å²) in [6, 6.07) is 0.374. The van der Waals surface area contributed by atoms with Gasteiger partial charge < -0.3 is 10.6 Å². The molecule has 2 N–H and O–H groups in total. The highest BCUT2D eigenvalue weighted by Crippen LogP contribution is 2.31. The first-order valence-electron chi connectivity index (χ1n) is 8.30. The first-order valence-corrected chi connectivity index (χ1v) is 8.30. The van der Waals surface area contributed by atoms with Crippen molar-refractivity contribution >= 4 is 5.91 Å². The molecular formula is C17H34N2O. The van der Waals surface area contributed by atoms with E-state index < -0.39 is 0 Å². The number of nitrogens with zero attached hydrogens (tertiary/aromatic N) is 1. The number of carbonyl (C=O) groups excluding carboxylic acids is 1. The summed E-state index contributed by atoms with van der Waals surface area (Å²) in [4.78, 5) is 14.8. The molecule has 0 aromatic rings. The standard InChI is InChI=1S/C17H34N2O/c1-6-19(15-10-8-7-9-14(15)12-18)16(20)11-13(2)17(3,4)5/h13-15H,6-12,18H2,1-5H3. The van der Waals surface area contributed by atoms with Crippen molar-refractivity contribution in [3.05, 3.63) is 0 Å². The number of amides is 1. The van der Waals surface area contributed by atoms with Gasteiger partial charge in [0.15, 0.2) is 0 Å². The molecule has 0 aliphatic heterocycles. The zero-order valence-corrected chi connectivity index (χ0v) is 14.1. The highest BCUT2D eigenvalue weighted by molar-refractivity contribution is 5.76. The Morgan fingerprint density at radius 3 is 2.40 bits per heavy atom. The van der Waals surface area contributed by atoms with E-state index in [9.17, 15) is 4.79 Å². The fourth-order valence-corrected chi connectivity index (χ4v) is 3.15. The molecule has 0 saturated heterocycles. The van der Waals surface area contributed by atoms with Crippen LogP contribution in [0.1, 0.15) is 66.7 Å². The van der Waals surface area contributed by atoms with E-state index in [-0.39, 0.29) is 5.41 Å². The molecule has 118 valence electrons. The van der Waals surface area contributed by atoms with E-state index >= 15 is 0 Å². The third-order valence-corrected chi connectivity index (χ3v) is 5.19. The summed E-state index contributed by atoms with van der Waals surface area (Å²) < 4.78 is 0. The summed E-state index contributed by atoms with van der Waals surface area (Å²) in [5.41, 5.74) is 6.11. The zero-order chi connectivity index (χ0) is 15.3. The molecule has 20 heavy (non-hydrogen) atoms. The van der Waals surface area contributed by atoms with Gasteiger partial charge in [-0.05, 0) is 43.6 Å². The monoisotopic (exact) mass is 282 g/mol. The lowest BCUT2D eigenvalue weighted by Gasteiger charge is -2.40. The van der Waals surface area contributed by atoms with E-state index in [4.69, 9.17) is 5.73 Å². The molecule has 1 amide bonds. The fraction of sp³-hybridized carbons (Fsp3) is 0.941. The maximum atomic E-state index is 12.7. The van der Waals surface area contributed by atoms with Crippen LogP contribution >= 0.6 is 0 Å². The van der Waals surface area contributed by atoms with E-state index in [1.165, 1.54) is 19.3 Å². The normalized spacial score (nSPS) is 25.3. The van der Waals surface area contributed by atoms with Crippen LogP contribution in [0.15, 0.2) is 0 Å². The molecule has 1 saturated carbocycles. The average Bonchev–Trinajstić information content (AvgIpc) is 2.39. The SMILES string of the molecule is CCN(C(=O)CC(C)C(C)(C)C)C1CCCCC1CN. The fourth-order valence-electron chi connectivity index (χ4n) is 3.15. The number of carbonyl (C=O) groups is 1. The highest BCUT2D eigenvalue weighted by atomic mass is 16.2. The van der Waals surface area contributed by atoms with Crippen LogP contribution in [-0.2, 0) is 4.79 Å². The minimum absolute atomic E-state index is 0.189.